The zero-order chi connectivity index (χ0) is 12.2. The van der Waals surface area contributed by atoms with Crippen LogP contribution in [0.3, 0.4) is 0 Å². The summed E-state index contributed by atoms with van der Waals surface area (Å²) in [5.74, 6) is -0.965. The minimum Gasteiger partial charge on any atom is -0.397 e. The van der Waals surface area contributed by atoms with E-state index in [0.29, 0.717) is 6.42 Å². The molecule has 0 amide bonds. The van der Waals surface area contributed by atoms with Crippen LogP contribution in [0.2, 0.25) is 6.04 Å². The summed E-state index contributed by atoms with van der Waals surface area (Å²) in [5, 5.41) is 0. The predicted molar refractivity (Wildman–Crippen MR) is 62.9 cm³/mol. The molecule has 0 aromatic carbocycles. The molecule has 0 aromatic rings. The summed E-state index contributed by atoms with van der Waals surface area (Å²) >= 11 is 0. The van der Waals surface area contributed by atoms with Crippen molar-refractivity contribution in [2.75, 3.05) is 21.3 Å². The normalized spacial score (nSPS) is 31.3. The molecule has 0 aliphatic carbocycles. The molecule has 6 heteroatoms. The number of hydrogen-bond acceptors (Lipinski definition) is 5. The molecule has 1 aliphatic heterocycles. The van der Waals surface area contributed by atoms with Crippen molar-refractivity contribution < 1.29 is 18.3 Å². The lowest BCUT2D eigenvalue weighted by molar-refractivity contribution is -0.341. The first-order valence-corrected chi connectivity index (χ1v) is 7.79. The van der Waals surface area contributed by atoms with E-state index >= 15 is 0 Å². The minimum absolute atomic E-state index is 0.0533. The average molecular weight is 249 g/mol. The lowest BCUT2D eigenvalue weighted by atomic mass is 10.3. The highest BCUT2D eigenvalue weighted by atomic mass is 28.4. The molecule has 1 aliphatic rings. The Morgan fingerprint density at radius 1 is 1.38 bits per heavy atom. The van der Waals surface area contributed by atoms with Gasteiger partial charge in [0.05, 0.1) is 0 Å². The van der Waals surface area contributed by atoms with Crippen LogP contribution in [0.1, 0.15) is 26.2 Å². The van der Waals surface area contributed by atoms with Gasteiger partial charge in [-0.2, -0.15) is 0 Å². The Kier molecular flexibility index (Phi) is 4.90. The van der Waals surface area contributed by atoms with E-state index in [2.05, 4.69) is 0 Å². The van der Waals surface area contributed by atoms with Gasteiger partial charge in [-0.15, -0.1) is 0 Å². The van der Waals surface area contributed by atoms with E-state index in [9.17, 15) is 0 Å². The standard InChI is InChI=1S/C10H23NO4Si/c1-5-9(11)16(14-4)8-6-7-10(12-2,13-3)15-16/h9H,5-8,11H2,1-4H3. The first-order chi connectivity index (χ1) is 7.58. The molecule has 0 bridgehead atoms. The van der Waals surface area contributed by atoms with Gasteiger partial charge >= 0.3 is 8.56 Å². The second-order valence-corrected chi connectivity index (χ2v) is 7.56. The summed E-state index contributed by atoms with van der Waals surface area (Å²) < 4.78 is 22.3. The van der Waals surface area contributed by atoms with E-state index in [4.69, 9.17) is 24.1 Å². The molecule has 16 heavy (non-hydrogen) atoms. The van der Waals surface area contributed by atoms with Crippen LogP contribution in [0, 0.1) is 0 Å². The molecule has 1 saturated heterocycles. The average Bonchev–Trinajstić information content (AvgIpc) is 2.37. The summed E-state index contributed by atoms with van der Waals surface area (Å²) in [7, 11) is 2.43. The van der Waals surface area contributed by atoms with Gasteiger partial charge in [0.1, 0.15) is 0 Å². The summed E-state index contributed by atoms with van der Waals surface area (Å²) in [6.45, 7) is 2.04. The Morgan fingerprint density at radius 2 is 2.00 bits per heavy atom. The molecule has 1 fully saturated rings. The molecule has 0 aromatic heterocycles. The van der Waals surface area contributed by atoms with Crippen molar-refractivity contribution in [1.82, 2.24) is 0 Å². The van der Waals surface area contributed by atoms with E-state index in [1.54, 1.807) is 21.3 Å². The molecule has 96 valence electrons. The van der Waals surface area contributed by atoms with Crippen molar-refractivity contribution in [2.24, 2.45) is 5.73 Å². The van der Waals surface area contributed by atoms with E-state index in [1.165, 1.54) is 0 Å². The van der Waals surface area contributed by atoms with Crippen LogP contribution in [0.4, 0.5) is 0 Å². The topological polar surface area (TPSA) is 62.9 Å². The highest BCUT2D eigenvalue weighted by Crippen LogP contribution is 2.36. The first kappa shape index (κ1) is 14.1. The van der Waals surface area contributed by atoms with Crippen molar-refractivity contribution in [3.05, 3.63) is 0 Å². The molecule has 0 spiro atoms. The summed E-state index contributed by atoms with van der Waals surface area (Å²) in [6.07, 6.45) is 2.51. The minimum atomic E-state index is -2.41. The van der Waals surface area contributed by atoms with Crippen LogP contribution in [-0.2, 0) is 18.3 Å². The Morgan fingerprint density at radius 3 is 2.44 bits per heavy atom. The van der Waals surface area contributed by atoms with Gasteiger partial charge in [-0.25, -0.2) is 0 Å². The highest BCUT2D eigenvalue weighted by Gasteiger charge is 2.53. The highest BCUT2D eigenvalue weighted by molar-refractivity contribution is 6.69. The SMILES string of the molecule is CCC(N)[Si]1(OC)CCCC(OC)(OC)O1. The second kappa shape index (κ2) is 5.57. The van der Waals surface area contributed by atoms with Gasteiger partial charge < -0.3 is 24.1 Å². The van der Waals surface area contributed by atoms with Gasteiger partial charge in [0.2, 0.25) is 0 Å². The molecule has 1 heterocycles. The Bertz CT molecular complexity index is 225. The lowest BCUT2D eigenvalue weighted by Gasteiger charge is -2.45. The van der Waals surface area contributed by atoms with Crippen molar-refractivity contribution >= 4 is 8.56 Å². The maximum atomic E-state index is 6.12. The Labute approximate surface area is 98.4 Å². The number of methoxy groups -OCH3 is 2. The molecule has 2 N–H and O–H groups in total. The molecular formula is C10H23NO4Si. The third-order valence-electron chi connectivity index (χ3n) is 3.31. The number of rotatable bonds is 5. The largest absolute Gasteiger partial charge is 0.397 e. The summed E-state index contributed by atoms with van der Waals surface area (Å²) in [5.41, 5.74) is 6.07. The molecular weight excluding hydrogens is 226 g/mol. The maximum Gasteiger partial charge on any atom is 0.359 e. The fraction of sp³-hybridized carbons (Fsp3) is 1.00. The molecule has 1 rings (SSSR count). The summed E-state index contributed by atoms with van der Waals surface area (Å²) in [6, 6.07) is 0.896. The summed E-state index contributed by atoms with van der Waals surface area (Å²) in [4.78, 5) is 0. The van der Waals surface area contributed by atoms with Crippen LogP contribution in [0.5, 0.6) is 0 Å². The molecule has 5 nitrogen and oxygen atoms in total. The van der Waals surface area contributed by atoms with Gasteiger partial charge in [0.25, 0.3) is 5.97 Å². The maximum absolute atomic E-state index is 6.12. The molecule has 2 unspecified atom stereocenters. The van der Waals surface area contributed by atoms with Crippen molar-refractivity contribution in [3.63, 3.8) is 0 Å². The van der Waals surface area contributed by atoms with Crippen LogP contribution in [-0.4, -0.2) is 41.5 Å². The van der Waals surface area contributed by atoms with Gasteiger partial charge in [-0.1, -0.05) is 6.92 Å². The van der Waals surface area contributed by atoms with Gasteiger partial charge in [-0.3, -0.25) is 0 Å². The first-order valence-electron chi connectivity index (χ1n) is 5.69. The monoisotopic (exact) mass is 249 g/mol. The Balaban J connectivity index is 2.87. The van der Waals surface area contributed by atoms with Gasteiger partial charge in [-0.05, 0) is 18.9 Å². The molecule has 0 radical (unpaired) electrons. The molecule has 2 atom stereocenters. The van der Waals surface area contributed by atoms with Crippen molar-refractivity contribution in [1.29, 1.82) is 0 Å². The zero-order valence-electron chi connectivity index (χ0n) is 10.6. The van der Waals surface area contributed by atoms with Crippen LogP contribution in [0.15, 0.2) is 0 Å². The van der Waals surface area contributed by atoms with Gasteiger partial charge in [0, 0.05) is 33.4 Å². The third-order valence-corrected chi connectivity index (χ3v) is 7.24. The van der Waals surface area contributed by atoms with E-state index in [0.717, 1.165) is 18.9 Å². The van der Waals surface area contributed by atoms with Crippen LogP contribution < -0.4 is 5.73 Å². The number of nitrogens with two attached hydrogens (primary N) is 1. The number of hydrogen-bond donors (Lipinski definition) is 1. The Hall–Kier alpha value is 0.0169. The van der Waals surface area contributed by atoms with E-state index in [-0.39, 0.29) is 5.67 Å². The van der Waals surface area contributed by atoms with E-state index in [1.807, 2.05) is 6.92 Å². The predicted octanol–water partition coefficient (Wildman–Crippen LogP) is 1.11. The van der Waals surface area contributed by atoms with Crippen molar-refractivity contribution in [2.45, 2.75) is 43.9 Å². The fourth-order valence-corrected chi connectivity index (χ4v) is 5.46. The van der Waals surface area contributed by atoms with Crippen LogP contribution in [0.25, 0.3) is 0 Å². The fourth-order valence-electron chi connectivity index (χ4n) is 2.15. The van der Waals surface area contributed by atoms with Crippen molar-refractivity contribution in [3.8, 4) is 0 Å². The van der Waals surface area contributed by atoms with Gasteiger partial charge in [0.15, 0.2) is 0 Å². The van der Waals surface area contributed by atoms with Crippen LogP contribution >= 0.6 is 0 Å². The quantitative estimate of drug-likeness (QED) is 0.584. The lowest BCUT2D eigenvalue weighted by Crippen LogP contribution is -2.64. The van der Waals surface area contributed by atoms with E-state index < -0.39 is 14.5 Å². The third kappa shape index (κ3) is 2.47. The smallest absolute Gasteiger partial charge is 0.359 e. The zero-order valence-corrected chi connectivity index (χ0v) is 11.6. The second-order valence-electron chi connectivity index (χ2n) is 4.08. The number of ether oxygens (including phenoxy) is 2. The molecule has 0 saturated carbocycles.